The molecule has 2 heterocycles. The predicted molar refractivity (Wildman–Crippen MR) is 131 cm³/mol. The topological polar surface area (TPSA) is 112 Å². The molecule has 4 rings (SSSR count). The molecule has 194 valence electrons. The Kier molecular flexibility index (Phi) is 8.59. The van der Waals surface area contributed by atoms with E-state index in [0.29, 0.717) is 17.7 Å². The molecule has 0 amide bonds. The van der Waals surface area contributed by atoms with Crippen LogP contribution in [0.1, 0.15) is 31.4 Å². The Bertz CT molecular complexity index is 1300. The molecule has 0 unspecified atom stereocenters. The molecule has 2 aromatic carbocycles. The van der Waals surface area contributed by atoms with Crippen LogP contribution in [0.5, 0.6) is 0 Å². The van der Waals surface area contributed by atoms with E-state index in [-0.39, 0.29) is 35.9 Å². The number of nitrogens with zero attached hydrogens (tertiary/aromatic N) is 2. The lowest BCUT2D eigenvalue weighted by molar-refractivity contribution is -0.122. The van der Waals surface area contributed by atoms with Crippen molar-refractivity contribution in [1.29, 1.82) is 0 Å². The number of carbonyl (C=O) groups is 1. The molecule has 3 aromatic rings. The van der Waals surface area contributed by atoms with Crippen LogP contribution in [0.15, 0.2) is 46.1 Å². The normalized spacial score (nSPS) is 14.8. The highest BCUT2D eigenvalue weighted by molar-refractivity contribution is 7.92. The summed E-state index contributed by atoms with van der Waals surface area (Å²) in [7, 11) is -4.50. The number of hydrogen-bond donors (Lipinski definition) is 3. The Balaban J connectivity index is 0.00000115. The molecule has 0 aliphatic carbocycles. The molecule has 0 atom stereocenters. The molecular weight excluding hydrogens is 517 g/mol. The Morgan fingerprint density at radius 1 is 1.19 bits per heavy atom. The molecule has 1 saturated heterocycles. The third-order valence-corrected chi connectivity index (χ3v) is 7.83. The van der Waals surface area contributed by atoms with Crippen LogP contribution in [-0.2, 0) is 27.9 Å². The van der Waals surface area contributed by atoms with Crippen LogP contribution in [0.3, 0.4) is 0 Å². The third kappa shape index (κ3) is 6.33. The van der Waals surface area contributed by atoms with Crippen LogP contribution in [0, 0.1) is 17.5 Å². The van der Waals surface area contributed by atoms with Gasteiger partial charge in [-0.05, 0) is 44.0 Å². The smallest absolute Gasteiger partial charge is 0.290 e. The summed E-state index contributed by atoms with van der Waals surface area (Å²) in [5.41, 5.74) is 2.59. The van der Waals surface area contributed by atoms with Crippen molar-refractivity contribution < 1.29 is 31.5 Å². The summed E-state index contributed by atoms with van der Waals surface area (Å²) in [6.45, 7) is 5.36. The minimum Gasteiger partial charge on any atom is -0.483 e. The monoisotopic (exact) mass is 542 g/mol. The second kappa shape index (κ2) is 11.3. The van der Waals surface area contributed by atoms with Crippen molar-refractivity contribution in [2.45, 2.75) is 43.8 Å². The van der Waals surface area contributed by atoms with Gasteiger partial charge in [0, 0.05) is 41.8 Å². The summed E-state index contributed by atoms with van der Waals surface area (Å²) < 4.78 is 70.7. The van der Waals surface area contributed by atoms with E-state index < -0.39 is 26.6 Å². The van der Waals surface area contributed by atoms with Crippen molar-refractivity contribution >= 4 is 39.3 Å². The van der Waals surface area contributed by atoms with Crippen molar-refractivity contribution in [3.63, 3.8) is 0 Å². The van der Waals surface area contributed by atoms with E-state index >= 15 is 0 Å². The van der Waals surface area contributed by atoms with Crippen LogP contribution in [0.25, 0.3) is 0 Å². The highest BCUT2D eigenvalue weighted by Crippen LogP contribution is 2.32. The first-order valence-corrected chi connectivity index (χ1v) is 13.1. The minimum atomic E-state index is -4.50. The van der Waals surface area contributed by atoms with E-state index in [2.05, 4.69) is 29.0 Å². The van der Waals surface area contributed by atoms with Crippen molar-refractivity contribution in [3.05, 3.63) is 69.8 Å². The fraction of sp³-hybridized carbons (Fsp3) is 0.304. The molecule has 1 aliphatic rings. The maximum atomic E-state index is 14.6. The van der Waals surface area contributed by atoms with E-state index in [9.17, 15) is 21.6 Å². The lowest BCUT2D eigenvalue weighted by Gasteiger charge is -2.48. The van der Waals surface area contributed by atoms with Gasteiger partial charge in [-0.3, -0.25) is 14.4 Å². The highest BCUT2D eigenvalue weighted by atomic mass is 32.2. The maximum absolute atomic E-state index is 14.6. The molecule has 13 heteroatoms. The number of nitrogens with one attached hydrogen (secondary N) is 2. The zero-order chi connectivity index (χ0) is 26.5. The van der Waals surface area contributed by atoms with Gasteiger partial charge in [0.2, 0.25) is 0 Å². The number of anilines is 2. The van der Waals surface area contributed by atoms with Crippen molar-refractivity contribution in [2.24, 2.45) is 0 Å². The second-order valence-corrected chi connectivity index (χ2v) is 10.9. The zero-order valence-corrected chi connectivity index (χ0v) is 21.1. The molecule has 0 bridgehead atoms. The molecule has 0 spiro atoms. The Labute approximate surface area is 210 Å². The van der Waals surface area contributed by atoms with Crippen LogP contribution in [-0.4, -0.2) is 42.0 Å². The van der Waals surface area contributed by atoms with E-state index in [0.717, 1.165) is 36.4 Å². The quantitative estimate of drug-likeness (QED) is 0.355. The predicted octanol–water partition coefficient (Wildman–Crippen LogP) is 4.66. The molecule has 36 heavy (non-hydrogen) atoms. The summed E-state index contributed by atoms with van der Waals surface area (Å²) >= 11 is 1.14. The van der Waals surface area contributed by atoms with Gasteiger partial charge in [-0.1, -0.05) is 12.1 Å². The summed E-state index contributed by atoms with van der Waals surface area (Å²) in [6.07, 6.45) is 1.03. The molecule has 8 nitrogen and oxygen atoms in total. The molecular formula is C23H25F3N4O4S2. The van der Waals surface area contributed by atoms with Crippen molar-refractivity contribution in [3.8, 4) is 0 Å². The van der Waals surface area contributed by atoms with Gasteiger partial charge in [0.05, 0.1) is 5.51 Å². The van der Waals surface area contributed by atoms with Crippen LogP contribution >= 0.6 is 11.3 Å². The van der Waals surface area contributed by atoms with Gasteiger partial charge in [0.1, 0.15) is 17.5 Å². The first-order chi connectivity index (χ1) is 17.0. The molecule has 3 N–H and O–H groups in total. The van der Waals surface area contributed by atoms with E-state index in [1.165, 1.54) is 17.0 Å². The Hall–Kier alpha value is -3.16. The summed E-state index contributed by atoms with van der Waals surface area (Å²) in [5, 5.41) is 11.2. The van der Waals surface area contributed by atoms with Gasteiger partial charge in [-0.2, -0.15) is 0 Å². The lowest BCUT2D eigenvalue weighted by Crippen LogP contribution is -2.55. The first kappa shape index (κ1) is 27.4. The Morgan fingerprint density at radius 2 is 1.86 bits per heavy atom. The van der Waals surface area contributed by atoms with Gasteiger partial charge in [-0.25, -0.2) is 26.6 Å². The molecule has 0 saturated carbocycles. The average Bonchev–Trinajstić information content (AvgIpc) is 3.28. The standard InChI is InChI=1S/C22H23F3N4O2S2.CH2O2/c1-22(2)6-7-29(22)11-16-14(4-3-5-17(16)23)10-26-15-8-18(24)21(19(25)9-15)33(30,31)28-20-12-32-13-27-20;2-1-3/h3-5,8-9,12-13,26,28H,6-7,10-11H2,1-2H3;1H,(H,2,3). The molecule has 1 fully saturated rings. The number of hydrogen-bond acceptors (Lipinski definition) is 7. The number of benzene rings is 2. The van der Waals surface area contributed by atoms with E-state index in [1.54, 1.807) is 12.1 Å². The number of rotatable bonds is 8. The molecule has 1 aromatic heterocycles. The van der Waals surface area contributed by atoms with E-state index in [4.69, 9.17) is 9.90 Å². The third-order valence-electron chi connectivity index (χ3n) is 5.84. The lowest BCUT2D eigenvalue weighted by atomic mass is 9.88. The summed E-state index contributed by atoms with van der Waals surface area (Å²) in [6, 6.07) is 6.52. The number of sulfonamides is 1. The number of likely N-dealkylation sites (tertiary alicyclic amines) is 1. The minimum absolute atomic E-state index is 0.00681. The number of thiazole rings is 1. The van der Waals surface area contributed by atoms with Gasteiger partial charge >= 0.3 is 0 Å². The highest BCUT2D eigenvalue weighted by Gasteiger charge is 2.36. The molecule has 0 radical (unpaired) electrons. The largest absolute Gasteiger partial charge is 0.483 e. The van der Waals surface area contributed by atoms with Gasteiger partial charge in [0.15, 0.2) is 10.7 Å². The fourth-order valence-electron chi connectivity index (χ4n) is 3.71. The van der Waals surface area contributed by atoms with Gasteiger partial charge < -0.3 is 10.4 Å². The maximum Gasteiger partial charge on any atom is 0.290 e. The van der Waals surface area contributed by atoms with E-state index in [1.807, 2.05) is 4.72 Å². The summed E-state index contributed by atoms with van der Waals surface area (Å²) in [5.74, 6) is -2.86. The van der Waals surface area contributed by atoms with Crippen molar-refractivity contribution in [2.75, 3.05) is 16.6 Å². The fourth-order valence-corrected chi connectivity index (χ4v) is 5.39. The second-order valence-electron chi connectivity index (χ2n) is 8.57. The zero-order valence-electron chi connectivity index (χ0n) is 19.5. The first-order valence-electron chi connectivity index (χ1n) is 10.7. The van der Waals surface area contributed by atoms with Crippen molar-refractivity contribution in [1.82, 2.24) is 9.88 Å². The average molecular weight is 543 g/mol. The number of halogens is 3. The van der Waals surface area contributed by atoms with Crippen LogP contribution < -0.4 is 10.0 Å². The molecule has 1 aliphatic heterocycles. The SMILES string of the molecule is CC1(C)CCN1Cc1c(F)cccc1CNc1cc(F)c(S(=O)(=O)Nc2cscn2)c(F)c1.O=CO. The van der Waals surface area contributed by atoms with Crippen LogP contribution in [0.2, 0.25) is 0 Å². The number of carboxylic acid groups (broad SMARTS) is 1. The van der Waals surface area contributed by atoms with Gasteiger partial charge in [0.25, 0.3) is 16.5 Å². The van der Waals surface area contributed by atoms with Gasteiger partial charge in [-0.15, -0.1) is 11.3 Å². The Morgan fingerprint density at radius 3 is 2.39 bits per heavy atom. The summed E-state index contributed by atoms with van der Waals surface area (Å²) in [4.78, 5) is 13.2. The van der Waals surface area contributed by atoms with Crippen LogP contribution in [0.4, 0.5) is 24.7 Å². The number of aromatic nitrogens is 1.